The Labute approximate surface area is 113 Å². The normalized spacial score (nSPS) is 10.6. The molecule has 0 bridgehead atoms. The summed E-state index contributed by atoms with van der Waals surface area (Å²) in [5.41, 5.74) is 9.51. The molecule has 0 fully saturated rings. The van der Waals surface area contributed by atoms with Crippen LogP contribution in [-0.4, -0.2) is 0 Å². The van der Waals surface area contributed by atoms with E-state index in [4.69, 9.17) is 10.5 Å². The van der Waals surface area contributed by atoms with Crippen LogP contribution in [0.2, 0.25) is 0 Å². The molecule has 2 aromatic carbocycles. The van der Waals surface area contributed by atoms with Crippen LogP contribution in [0.5, 0.6) is 11.5 Å². The molecule has 2 aromatic rings. The Kier molecular flexibility index (Phi) is 3.86. The molecule has 0 saturated carbocycles. The quantitative estimate of drug-likeness (QED) is 0.904. The Morgan fingerprint density at radius 3 is 2.58 bits per heavy atom. The van der Waals surface area contributed by atoms with E-state index in [1.54, 1.807) is 12.1 Å². The van der Waals surface area contributed by atoms with Gasteiger partial charge in [-0.1, -0.05) is 18.2 Å². The summed E-state index contributed by atoms with van der Waals surface area (Å²) in [5.74, 6) is 0.511. The van der Waals surface area contributed by atoms with Crippen molar-refractivity contribution in [2.24, 2.45) is 5.73 Å². The number of para-hydroxylation sites is 1. The summed E-state index contributed by atoms with van der Waals surface area (Å²) in [5, 5.41) is 0. The molecule has 0 unspecified atom stereocenters. The van der Waals surface area contributed by atoms with Gasteiger partial charge in [0.25, 0.3) is 0 Å². The van der Waals surface area contributed by atoms with Gasteiger partial charge in [-0.3, -0.25) is 0 Å². The first kappa shape index (κ1) is 13.6. The SMILES string of the molecule is Cc1cc(C)c(C)c(Oc2c(F)cccc2CN)c1. The maximum Gasteiger partial charge on any atom is 0.167 e. The summed E-state index contributed by atoms with van der Waals surface area (Å²) in [4.78, 5) is 0. The molecule has 0 saturated heterocycles. The van der Waals surface area contributed by atoms with Gasteiger partial charge in [0.2, 0.25) is 0 Å². The number of nitrogens with two attached hydrogens (primary N) is 1. The van der Waals surface area contributed by atoms with E-state index in [0.29, 0.717) is 11.3 Å². The van der Waals surface area contributed by atoms with Gasteiger partial charge >= 0.3 is 0 Å². The van der Waals surface area contributed by atoms with Gasteiger partial charge in [-0.25, -0.2) is 4.39 Å². The van der Waals surface area contributed by atoms with Gasteiger partial charge in [-0.05, 0) is 49.6 Å². The predicted molar refractivity (Wildman–Crippen MR) is 75.0 cm³/mol. The van der Waals surface area contributed by atoms with Gasteiger partial charge in [-0.2, -0.15) is 0 Å². The second kappa shape index (κ2) is 5.41. The fourth-order valence-electron chi connectivity index (χ4n) is 2.05. The van der Waals surface area contributed by atoms with Crippen LogP contribution in [-0.2, 0) is 6.54 Å². The van der Waals surface area contributed by atoms with Crippen LogP contribution in [0.15, 0.2) is 30.3 Å². The number of hydrogen-bond acceptors (Lipinski definition) is 2. The van der Waals surface area contributed by atoms with Crippen LogP contribution in [0.4, 0.5) is 4.39 Å². The first-order valence-corrected chi connectivity index (χ1v) is 6.26. The summed E-state index contributed by atoms with van der Waals surface area (Å²) in [6, 6.07) is 8.78. The standard InChI is InChI=1S/C16H18FNO/c1-10-7-11(2)12(3)15(8-10)19-16-13(9-18)5-4-6-14(16)17/h4-8H,9,18H2,1-3H3. The largest absolute Gasteiger partial charge is 0.454 e. The lowest BCUT2D eigenvalue weighted by molar-refractivity contribution is 0.433. The molecule has 100 valence electrons. The van der Waals surface area contributed by atoms with Crippen LogP contribution in [0.25, 0.3) is 0 Å². The molecule has 0 aromatic heterocycles. The molecule has 0 aliphatic heterocycles. The lowest BCUT2D eigenvalue weighted by Crippen LogP contribution is -2.02. The van der Waals surface area contributed by atoms with Crippen LogP contribution in [0, 0.1) is 26.6 Å². The minimum absolute atomic E-state index is 0.220. The Bertz CT molecular complexity index is 608. The third-order valence-corrected chi connectivity index (χ3v) is 3.24. The van der Waals surface area contributed by atoms with Crippen LogP contribution >= 0.6 is 0 Å². The molecule has 0 aliphatic carbocycles. The van der Waals surface area contributed by atoms with E-state index < -0.39 is 0 Å². The summed E-state index contributed by atoms with van der Waals surface area (Å²) in [6.45, 7) is 6.22. The van der Waals surface area contributed by atoms with Crippen molar-refractivity contribution in [2.75, 3.05) is 0 Å². The van der Waals surface area contributed by atoms with E-state index in [-0.39, 0.29) is 18.1 Å². The fourth-order valence-corrected chi connectivity index (χ4v) is 2.05. The monoisotopic (exact) mass is 259 g/mol. The van der Waals surface area contributed by atoms with Gasteiger partial charge in [0, 0.05) is 12.1 Å². The van der Waals surface area contributed by atoms with Crippen molar-refractivity contribution < 1.29 is 9.13 Å². The first-order chi connectivity index (χ1) is 9.02. The third kappa shape index (κ3) is 2.76. The zero-order valence-electron chi connectivity index (χ0n) is 11.5. The fraction of sp³-hybridized carbons (Fsp3) is 0.250. The van der Waals surface area contributed by atoms with Crippen LogP contribution < -0.4 is 10.5 Å². The zero-order chi connectivity index (χ0) is 14.0. The van der Waals surface area contributed by atoms with Crippen molar-refractivity contribution in [2.45, 2.75) is 27.3 Å². The molecule has 0 aliphatic rings. The highest BCUT2D eigenvalue weighted by atomic mass is 19.1. The zero-order valence-corrected chi connectivity index (χ0v) is 11.5. The van der Waals surface area contributed by atoms with Gasteiger partial charge in [0.15, 0.2) is 11.6 Å². The second-order valence-electron chi connectivity index (χ2n) is 4.74. The van der Waals surface area contributed by atoms with E-state index in [1.807, 2.05) is 26.8 Å². The minimum Gasteiger partial charge on any atom is -0.454 e. The van der Waals surface area contributed by atoms with Gasteiger partial charge in [0.1, 0.15) is 5.75 Å². The molecular weight excluding hydrogens is 241 g/mol. The summed E-state index contributed by atoms with van der Waals surface area (Å²) < 4.78 is 19.6. The van der Waals surface area contributed by atoms with Gasteiger partial charge < -0.3 is 10.5 Å². The average molecular weight is 259 g/mol. The predicted octanol–water partition coefficient (Wildman–Crippen LogP) is 4.00. The Morgan fingerprint density at radius 1 is 1.16 bits per heavy atom. The number of ether oxygens (including phenoxy) is 1. The molecule has 3 heteroatoms. The van der Waals surface area contributed by atoms with E-state index >= 15 is 0 Å². The van der Waals surface area contributed by atoms with E-state index in [2.05, 4.69) is 6.07 Å². The smallest absolute Gasteiger partial charge is 0.167 e. The lowest BCUT2D eigenvalue weighted by Gasteiger charge is -2.15. The van der Waals surface area contributed by atoms with Crippen molar-refractivity contribution in [3.8, 4) is 11.5 Å². The Balaban J connectivity index is 2.47. The van der Waals surface area contributed by atoms with E-state index in [1.165, 1.54) is 6.07 Å². The third-order valence-electron chi connectivity index (χ3n) is 3.24. The Hall–Kier alpha value is -1.87. The van der Waals surface area contributed by atoms with Crippen molar-refractivity contribution in [3.05, 3.63) is 58.4 Å². The van der Waals surface area contributed by atoms with Crippen molar-refractivity contribution in [1.82, 2.24) is 0 Å². The number of aryl methyl sites for hydroxylation is 2. The molecule has 19 heavy (non-hydrogen) atoms. The number of halogens is 1. The molecule has 2 nitrogen and oxygen atoms in total. The topological polar surface area (TPSA) is 35.2 Å². The number of rotatable bonds is 3. The van der Waals surface area contributed by atoms with E-state index in [9.17, 15) is 4.39 Å². The molecular formula is C16H18FNO. The summed E-state index contributed by atoms with van der Waals surface area (Å²) >= 11 is 0. The first-order valence-electron chi connectivity index (χ1n) is 6.26. The Morgan fingerprint density at radius 2 is 1.89 bits per heavy atom. The summed E-state index contributed by atoms with van der Waals surface area (Å²) in [7, 11) is 0. The number of hydrogen-bond donors (Lipinski definition) is 1. The maximum atomic E-state index is 13.9. The molecule has 2 rings (SSSR count). The van der Waals surface area contributed by atoms with Gasteiger partial charge in [0.05, 0.1) is 0 Å². The highest BCUT2D eigenvalue weighted by Gasteiger charge is 2.12. The van der Waals surface area contributed by atoms with Crippen molar-refractivity contribution in [1.29, 1.82) is 0 Å². The van der Waals surface area contributed by atoms with E-state index in [0.717, 1.165) is 16.7 Å². The minimum atomic E-state index is -0.387. The van der Waals surface area contributed by atoms with Crippen LogP contribution in [0.3, 0.4) is 0 Å². The summed E-state index contributed by atoms with van der Waals surface area (Å²) in [6.07, 6.45) is 0. The molecule has 2 N–H and O–H groups in total. The molecule has 0 heterocycles. The highest BCUT2D eigenvalue weighted by Crippen LogP contribution is 2.32. The second-order valence-corrected chi connectivity index (χ2v) is 4.74. The molecule has 0 amide bonds. The lowest BCUT2D eigenvalue weighted by atomic mass is 10.1. The van der Waals surface area contributed by atoms with Crippen LogP contribution in [0.1, 0.15) is 22.3 Å². The average Bonchev–Trinajstić information content (AvgIpc) is 2.37. The molecule has 0 spiro atoms. The van der Waals surface area contributed by atoms with Crippen molar-refractivity contribution in [3.63, 3.8) is 0 Å². The molecule has 0 atom stereocenters. The van der Waals surface area contributed by atoms with Gasteiger partial charge in [-0.15, -0.1) is 0 Å². The molecule has 0 radical (unpaired) electrons. The number of benzene rings is 2. The highest BCUT2D eigenvalue weighted by molar-refractivity contribution is 5.46. The maximum absolute atomic E-state index is 13.9. The van der Waals surface area contributed by atoms with Crippen molar-refractivity contribution >= 4 is 0 Å².